The van der Waals surface area contributed by atoms with Gasteiger partial charge in [0, 0.05) is 0 Å². The van der Waals surface area contributed by atoms with Crippen LogP contribution >= 0.6 is 0 Å². The van der Waals surface area contributed by atoms with Gasteiger partial charge < -0.3 is 0 Å². The molecule has 11 rings (SSSR count). The maximum Gasteiger partial charge on any atom is -0.00199 e. The van der Waals surface area contributed by atoms with Crippen molar-refractivity contribution in [2.45, 2.75) is 41.5 Å². The predicted octanol–water partition coefficient (Wildman–Crippen LogP) is 15.0. The molecule has 0 fully saturated rings. The van der Waals surface area contributed by atoms with E-state index in [1.165, 1.54) is 142 Å². The Bertz CT molecular complexity index is 3110. The van der Waals surface area contributed by atoms with Crippen molar-refractivity contribution in [2.24, 2.45) is 0 Å². The molecule has 0 heterocycles. The van der Waals surface area contributed by atoms with Crippen LogP contribution in [0.25, 0.3) is 108 Å². The molecule has 0 aliphatic carbocycles. The second kappa shape index (κ2) is 10.3. The van der Waals surface area contributed by atoms with Gasteiger partial charge in [0.2, 0.25) is 0 Å². The lowest BCUT2D eigenvalue weighted by Gasteiger charge is -2.12. The Labute approximate surface area is 303 Å². The van der Waals surface area contributed by atoms with Crippen LogP contribution in [0.3, 0.4) is 0 Å². The molecule has 0 aliphatic heterocycles. The first-order chi connectivity index (χ1) is 25.2. The summed E-state index contributed by atoms with van der Waals surface area (Å²) < 4.78 is 0. The molecule has 11 aromatic rings. The summed E-state index contributed by atoms with van der Waals surface area (Å²) in [6, 6.07) is 47.2. The van der Waals surface area contributed by atoms with Crippen molar-refractivity contribution in [3.05, 3.63) is 155 Å². The first-order valence-corrected chi connectivity index (χ1v) is 18.6. The van der Waals surface area contributed by atoms with Gasteiger partial charge in [0.1, 0.15) is 0 Å². The molecule has 52 heavy (non-hydrogen) atoms. The van der Waals surface area contributed by atoms with Crippen molar-refractivity contribution in [1.29, 1.82) is 0 Å². The van der Waals surface area contributed by atoms with Gasteiger partial charge in [-0.2, -0.15) is 0 Å². The molecule has 0 N–H and O–H groups in total. The minimum Gasteiger partial charge on any atom is -0.0610 e. The molecule has 0 unspecified atom stereocenters. The molecule has 246 valence electrons. The quantitative estimate of drug-likeness (QED) is 0.162. The molecular weight excluding hydrogens is 625 g/mol. The Morgan fingerprint density at radius 2 is 0.615 bits per heavy atom. The third-order valence-corrected chi connectivity index (χ3v) is 12.6. The van der Waals surface area contributed by atoms with E-state index < -0.39 is 0 Å². The number of hydrogen-bond acceptors (Lipinski definition) is 0. The van der Waals surface area contributed by atoms with Crippen molar-refractivity contribution >= 4 is 86.2 Å². The molecule has 0 aromatic heterocycles. The first kappa shape index (κ1) is 29.7. The van der Waals surface area contributed by atoms with Gasteiger partial charge in [-0.15, -0.1) is 0 Å². The highest BCUT2D eigenvalue weighted by Crippen LogP contribution is 2.48. The number of aryl methyl sites for hydroxylation is 4. The van der Waals surface area contributed by atoms with Crippen molar-refractivity contribution in [2.75, 3.05) is 0 Å². The van der Waals surface area contributed by atoms with E-state index in [0.717, 1.165) is 0 Å². The number of rotatable bonds is 2. The van der Waals surface area contributed by atoms with Gasteiger partial charge in [-0.1, -0.05) is 108 Å². The van der Waals surface area contributed by atoms with Crippen LogP contribution in [-0.4, -0.2) is 0 Å². The van der Waals surface area contributed by atoms with Crippen LogP contribution < -0.4 is 0 Å². The zero-order chi connectivity index (χ0) is 35.2. The van der Waals surface area contributed by atoms with Crippen LogP contribution in [0.1, 0.15) is 33.4 Å². The zero-order valence-corrected chi connectivity index (χ0v) is 30.5. The summed E-state index contributed by atoms with van der Waals surface area (Å²) >= 11 is 0. The average molecular weight is 663 g/mol. The molecule has 11 aromatic carbocycles. The van der Waals surface area contributed by atoms with E-state index in [4.69, 9.17) is 0 Å². The Balaban J connectivity index is 1.25. The van der Waals surface area contributed by atoms with Crippen LogP contribution in [0.15, 0.2) is 121 Å². The van der Waals surface area contributed by atoms with Gasteiger partial charge in [0.05, 0.1) is 0 Å². The maximum atomic E-state index is 2.51. The number of hydrogen-bond donors (Lipinski definition) is 0. The Morgan fingerprint density at radius 3 is 1.00 bits per heavy atom. The third-order valence-electron chi connectivity index (χ3n) is 12.6. The highest BCUT2D eigenvalue weighted by atomic mass is 14.2. The monoisotopic (exact) mass is 662 g/mol. The smallest absolute Gasteiger partial charge is 0.00199 e. The molecule has 0 heteroatoms. The lowest BCUT2D eigenvalue weighted by Crippen LogP contribution is -1.89. The molecule has 0 nitrogen and oxygen atoms in total. The normalized spacial score (nSPS) is 12.4. The molecular formula is C52H38. The molecule has 0 spiro atoms. The van der Waals surface area contributed by atoms with Crippen LogP contribution in [0, 0.1) is 41.5 Å². The lowest BCUT2D eigenvalue weighted by molar-refractivity contribution is 1.30. The Morgan fingerprint density at radius 1 is 0.269 bits per heavy atom. The summed E-state index contributed by atoms with van der Waals surface area (Å²) in [4.78, 5) is 0. The van der Waals surface area contributed by atoms with Gasteiger partial charge in [0.25, 0.3) is 0 Å². The summed E-state index contributed by atoms with van der Waals surface area (Å²) in [6.45, 7) is 13.4. The zero-order valence-electron chi connectivity index (χ0n) is 30.5. The van der Waals surface area contributed by atoms with E-state index in [9.17, 15) is 0 Å². The summed E-state index contributed by atoms with van der Waals surface area (Å²) in [5.74, 6) is 0. The van der Waals surface area contributed by atoms with E-state index in [-0.39, 0.29) is 0 Å². The van der Waals surface area contributed by atoms with Gasteiger partial charge >= 0.3 is 0 Å². The van der Waals surface area contributed by atoms with Crippen molar-refractivity contribution in [3.8, 4) is 22.3 Å². The van der Waals surface area contributed by atoms with Gasteiger partial charge in [-0.25, -0.2) is 0 Å². The number of benzene rings is 9. The van der Waals surface area contributed by atoms with E-state index in [2.05, 4.69) is 163 Å². The summed E-state index contributed by atoms with van der Waals surface area (Å²) in [7, 11) is 0. The van der Waals surface area contributed by atoms with Gasteiger partial charge in [-0.05, 0) is 196 Å². The minimum atomic E-state index is 1.29. The fraction of sp³-hybridized carbons (Fsp3) is 0.115. The molecule has 0 atom stereocenters. The largest absolute Gasteiger partial charge is 0.0610 e. The SMILES string of the molecule is Cc1cc(C)c(C)c(-c2ccc3c(c2)c2cc4c5cc6c7cc(-c8cc(C)cc(C)c8C)ccc7c7cccc(c5ccc4c4cccc3c42)c76)c1. The highest BCUT2D eigenvalue weighted by molar-refractivity contribution is 6.40. The topological polar surface area (TPSA) is 0 Å². The molecule has 0 saturated carbocycles. The lowest BCUT2D eigenvalue weighted by atomic mass is 9.91. The first-order valence-electron chi connectivity index (χ1n) is 18.6. The summed E-state index contributed by atoms with van der Waals surface area (Å²) in [5.41, 5.74) is 13.3. The fourth-order valence-electron chi connectivity index (χ4n) is 9.88. The Kier molecular flexibility index (Phi) is 5.89. The van der Waals surface area contributed by atoms with Gasteiger partial charge in [-0.3, -0.25) is 0 Å². The summed E-state index contributed by atoms with van der Waals surface area (Å²) in [6.07, 6.45) is 0. The second-order valence-electron chi connectivity index (χ2n) is 15.6. The molecule has 0 saturated heterocycles. The predicted molar refractivity (Wildman–Crippen MR) is 228 cm³/mol. The third kappa shape index (κ3) is 3.87. The molecule has 0 radical (unpaired) electrons. The van der Waals surface area contributed by atoms with Crippen LogP contribution in [-0.2, 0) is 0 Å². The average Bonchev–Trinajstić information content (AvgIpc) is 3.64. The fourth-order valence-corrected chi connectivity index (χ4v) is 9.88. The van der Waals surface area contributed by atoms with E-state index >= 15 is 0 Å². The van der Waals surface area contributed by atoms with Crippen LogP contribution in [0.2, 0.25) is 0 Å². The van der Waals surface area contributed by atoms with Crippen molar-refractivity contribution in [3.63, 3.8) is 0 Å². The van der Waals surface area contributed by atoms with Crippen LogP contribution in [0.4, 0.5) is 0 Å². The second-order valence-corrected chi connectivity index (χ2v) is 15.6. The standard InChI is InChI=1S/C52H38/c1-27-19-29(3)31(5)43(21-27)33-13-15-35-39-9-7-11-41-37-17-18-38-42-12-8-10-40-36-16-14-34(44-22-28(2)20-30(4)32(44)6)24-46(36)50(52(40)42)26-48(38)47(37)25-49(51(39)41)45(35)23-33/h7-26H,1-6H3. The van der Waals surface area contributed by atoms with Crippen molar-refractivity contribution < 1.29 is 0 Å². The van der Waals surface area contributed by atoms with Crippen LogP contribution in [0.5, 0.6) is 0 Å². The van der Waals surface area contributed by atoms with E-state index in [0.29, 0.717) is 0 Å². The molecule has 0 bridgehead atoms. The minimum absolute atomic E-state index is 1.29. The number of fused-ring (bicyclic) bond motifs is 11. The maximum absolute atomic E-state index is 2.51. The van der Waals surface area contributed by atoms with E-state index in [1.54, 1.807) is 0 Å². The van der Waals surface area contributed by atoms with E-state index in [1.807, 2.05) is 0 Å². The van der Waals surface area contributed by atoms with Gasteiger partial charge in [0.15, 0.2) is 0 Å². The summed E-state index contributed by atoms with van der Waals surface area (Å²) in [5, 5.41) is 21.5. The van der Waals surface area contributed by atoms with Crippen molar-refractivity contribution in [1.82, 2.24) is 0 Å². The molecule has 0 aliphatic rings. The Hall–Kier alpha value is -5.98. The molecule has 0 amide bonds. The highest BCUT2D eigenvalue weighted by Gasteiger charge is 2.20.